The van der Waals surface area contributed by atoms with Gasteiger partial charge in [0.2, 0.25) is 0 Å². The molecule has 1 unspecified atom stereocenters. The van der Waals surface area contributed by atoms with Gasteiger partial charge in [-0.25, -0.2) is 4.79 Å². The van der Waals surface area contributed by atoms with Gasteiger partial charge in [-0.15, -0.1) is 0 Å². The number of esters is 1. The second-order valence-electron chi connectivity index (χ2n) is 6.69. The van der Waals surface area contributed by atoms with E-state index in [0.717, 1.165) is 23.7 Å². The van der Waals surface area contributed by atoms with Gasteiger partial charge >= 0.3 is 5.97 Å². The van der Waals surface area contributed by atoms with Crippen molar-refractivity contribution in [3.05, 3.63) is 57.6 Å². The number of carbonyl (C=O) groups excluding carboxylic acids is 2. The molecule has 2 heterocycles. The highest BCUT2D eigenvalue weighted by molar-refractivity contribution is 6.01. The number of anilines is 1. The number of ether oxygens (including phenoxy) is 3. The number of amides is 1. The molecule has 1 amide bonds. The van der Waals surface area contributed by atoms with Crippen molar-refractivity contribution in [2.45, 2.75) is 19.4 Å². The Hall–Kier alpha value is -3.62. The number of nitro groups is 1. The Bertz CT molecular complexity index is 1000. The minimum absolute atomic E-state index is 0.192. The number of fused-ring (bicyclic) bond motifs is 2. The van der Waals surface area contributed by atoms with Gasteiger partial charge < -0.3 is 19.1 Å². The molecule has 9 nitrogen and oxygen atoms in total. The quantitative estimate of drug-likeness (QED) is 0.442. The third kappa shape index (κ3) is 3.46. The highest BCUT2D eigenvalue weighted by Crippen LogP contribution is 2.37. The SMILES string of the molecule is CC(OC(=O)c1cc2c(cc1[N+](=O)[O-])OCCO2)C(=O)N1CCc2ccccc21. The predicted molar refractivity (Wildman–Crippen MR) is 101 cm³/mol. The summed E-state index contributed by atoms with van der Waals surface area (Å²) in [5.74, 6) is -0.941. The van der Waals surface area contributed by atoms with E-state index in [2.05, 4.69) is 0 Å². The molecule has 0 bridgehead atoms. The van der Waals surface area contributed by atoms with Crippen LogP contribution in [0.1, 0.15) is 22.8 Å². The Morgan fingerprint density at radius 1 is 1.17 bits per heavy atom. The first-order valence-electron chi connectivity index (χ1n) is 9.14. The second-order valence-corrected chi connectivity index (χ2v) is 6.69. The molecule has 2 aliphatic heterocycles. The fraction of sp³-hybridized carbons (Fsp3) is 0.300. The lowest BCUT2D eigenvalue weighted by Gasteiger charge is -2.22. The minimum atomic E-state index is -1.11. The van der Waals surface area contributed by atoms with Crippen molar-refractivity contribution in [1.82, 2.24) is 0 Å². The van der Waals surface area contributed by atoms with E-state index in [-0.39, 0.29) is 36.2 Å². The summed E-state index contributed by atoms with van der Waals surface area (Å²) in [7, 11) is 0. The third-order valence-corrected chi connectivity index (χ3v) is 4.86. The summed E-state index contributed by atoms with van der Waals surface area (Å²) in [5, 5.41) is 11.4. The van der Waals surface area contributed by atoms with Crippen LogP contribution in [-0.2, 0) is 16.0 Å². The summed E-state index contributed by atoms with van der Waals surface area (Å²) in [6.07, 6.45) is -0.391. The molecule has 150 valence electrons. The van der Waals surface area contributed by atoms with Gasteiger partial charge in [-0.05, 0) is 25.0 Å². The van der Waals surface area contributed by atoms with Crippen molar-refractivity contribution in [3.8, 4) is 11.5 Å². The summed E-state index contributed by atoms with van der Waals surface area (Å²) in [4.78, 5) is 37.7. The van der Waals surface area contributed by atoms with Crippen LogP contribution in [0, 0.1) is 10.1 Å². The molecule has 0 radical (unpaired) electrons. The Kier molecular flexibility index (Phi) is 4.79. The van der Waals surface area contributed by atoms with Crippen LogP contribution in [0.5, 0.6) is 11.5 Å². The van der Waals surface area contributed by atoms with Gasteiger partial charge in [-0.2, -0.15) is 0 Å². The molecule has 1 atom stereocenters. The number of hydrogen-bond acceptors (Lipinski definition) is 7. The van der Waals surface area contributed by atoms with Crippen molar-refractivity contribution in [2.24, 2.45) is 0 Å². The van der Waals surface area contributed by atoms with Gasteiger partial charge in [-0.1, -0.05) is 18.2 Å². The molecule has 0 spiro atoms. The number of para-hydroxylation sites is 1. The zero-order valence-electron chi connectivity index (χ0n) is 15.6. The van der Waals surface area contributed by atoms with Crippen molar-refractivity contribution < 1.29 is 28.7 Å². The van der Waals surface area contributed by atoms with Crippen LogP contribution in [0.2, 0.25) is 0 Å². The summed E-state index contributed by atoms with van der Waals surface area (Å²) in [6, 6.07) is 9.86. The number of nitrogens with zero attached hydrogens (tertiary/aromatic N) is 2. The van der Waals surface area contributed by atoms with Crippen LogP contribution < -0.4 is 14.4 Å². The maximum absolute atomic E-state index is 12.8. The van der Waals surface area contributed by atoms with Gasteiger partial charge in [0.05, 0.1) is 11.0 Å². The number of carbonyl (C=O) groups is 2. The van der Waals surface area contributed by atoms with E-state index in [4.69, 9.17) is 14.2 Å². The van der Waals surface area contributed by atoms with Crippen LogP contribution in [0.15, 0.2) is 36.4 Å². The van der Waals surface area contributed by atoms with Gasteiger partial charge in [0.1, 0.15) is 18.8 Å². The lowest BCUT2D eigenvalue weighted by Crippen LogP contribution is -2.39. The maximum atomic E-state index is 12.8. The fourth-order valence-corrected chi connectivity index (χ4v) is 3.45. The monoisotopic (exact) mass is 398 g/mol. The average molecular weight is 398 g/mol. The summed E-state index contributed by atoms with van der Waals surface area (Å²) >= 11 is 0. The topological polar surface area (TPSA) is 108 Å². The predicted octanol–water partition coefficient (Wildman–Crippen LogP) is 2.50. The number of benzene rings is 2. The first kappa shape index (κ1) is 18.7. The standard InChI is InChI=1S/C20H18N2O7/c1-12(19(23)21-7-6-13-4-2-3-5-15(13)21)29-20(24)14-10-17-18(28-9-8-27-17)11-16(14)22(25)26/h2-5,10-12H,6-9H2,1H3. The average Bonchev–Trinajstić information content (AvgIpc) is 3.16. The Labute approximate surface area is 165 Å². The van der Waals surface area contributed by atoms with E-state index in [0.29, 0.717) is 6.54 Å². The van der Waals surface area contributed by atoms with Crippen LogP contribution in [-0.4, -0.2) is 42.7 Å². The first-order valence-corrected chi connectivity index (χ1v) is 9.14. The first-order chi connectivity index (χ1) is 14.0. The largest absolute Gasteiger partial charge is 0.486 e. The second kappa shape index (κ2) is 7.42. The summed E-state index contributed by atoms with van der Waals surface area (Å²) in [6.45, 7) is 2.47. The Morgan fingerprint density at radius 3 is 2.59 bits per heavy atom. The molecule has 2 aromatic rings. The van der Waals surface area contributed by atoms with Crippen molar-refractivity contribution in [3.63, 3.8) is 0 Å². The molecule has 2 aliphatic rings. The molecule has 0 fully saturated rings. The molecule has 2 aromatic carbocycles. The van der Waals surface area contributed by atoms with Crippen molar-refractivity contribution in [1.29, 1.82) is 0 Å². The van der Waals surface area contributed by atoms with Gasteiger partial charge in [0, 0.05) is 18.3 Å². The van der Waals surface area contributed by atoms with Crippen molar-refractivity contribution >= 4 is 23.3 Å². The third-order valence-electron chi connectivity index (χ3n) is 4.86. The fourth-order valence-electron chi connectivity index (χ4n) is 3.45. The molecule has 4 rings (SSSR count). The summed E-state index contributed by atoms with van der Waals surface area (Å²) < 4.78 is 16.0. The zero-order chi connectivity index (χ0) is 20.5. The molecule has 0 N–H and O–H groups in total. The molecular formula is C20H18N2O7. The molecule has 0 aromatic heterocycles. The van der Waals surface area contributed by atoms with E-state index in [1.54, 1.807) is 4.90 Å². The van der Waals surface area contributed by atoms with E-state index < -0.39 is 22.7 Å². The molecule has 0 saturated carbocycles. The highest BCUT2D eigenvalue weighted by atomic mass is 16.6. The number of rotatable bonds is 4. The van der Waals surface area contributed by atoms with E-state index in [9.17, 15) is 19.7 Å². The normalized spacial score (nSPS) is 15.4. The van der Waals surface area contributed by atoms with E-state index >= 15 is 0 Å². The highest BCUT2D eigenvalue weighted by Gasteiger charge is 2.33. The lowest BCUT2D eigenvalue weighted by molar-refractivity contribution is -0.385. The molecular weight excluding hydrogens is 380 g/mol. The van der Waals surface area contributed by atoms with Gasteiger partial charge in [-0.3, -0.25) is 14.9 Å². The number of nitro benzene ring substituents is 1. The zero-order valence-corrected chi connectivity index (χ0v) is 15.6. The van der Waals surface area contributed by atoms with Crippen LogP contribution in [0.3, 0.4) is 0 Å². The van der Waals surface area contributed by atoms with Crippen molar-refractivity contribution in [2.75, 3.05) is 24.7 Å². The maximum Gasteiger partial charge on any atom is 0.346 e. The summed E-state index contributed by atoms with van der Waals surface area (Å²) in [5.41, 5.74) is 1.07. The Balaban J connectivity index is 1.55. The smallest absolute Gasteiger partial charge is 0.346 e. The molecule has 0 saturated heterocycles. The molecule has 29 heavy (non-hydrogen) atoms. The van der Waals surface area contributed by atoms with Gasteiger partial charge in [0.25, 0.3) is 11.6 Å². The minimum Gasteiger partial charge on any atom is -0.486 e. The molecule has 0 aliphatic carbocycles. The van der Waals surface area contributed by atoms with Gasteiger partial charge in [0.15, 0.2) is 17.6 Å². The molecule has 9 heteroatoms. The van der Waals surface area contributed by atoms with E-state index in [1.165, 1.54) is 13.0 Å². The lowest BCUT2D eigenvalue weighted by atomic mass is 10.1. The van der Waals surface area contributed by atoms with E-state index in [1.807, 2.05) is 24.3 Å². The van der Waals surface area contributed by atoms with Crippen LogP contribution in [0.4, 0.5) is 11.4 Å². The van der Waals surface area contributed by atoms with Crippen LogP contribution >= 0.6 is 0 Å². The Morgan fingerprint density at radius 2 is 1.86 bits per heavy atom. The van der Waals surface area contributed by atoms with Crippen LogP contribution in [0.25, 0.3) is 0 Å². The number of hydrogen-bond donors (Lipinski definition) is 0.